The molecule has 0 saturated carbocycles. The minimum atomic E-state index is -3.93. The van der Waals surface area contributed by atoms with Crippen LogP contribution in [0.3, 0.4) is 0 Å². The Morgan fingerprint density at radius 1 is 1.02 bits per heavy atom. The average Bonchev–Trinajstić information content (AvgIpc) is 3.78. The molecule has 13 heteroatoms. The van der Waals surface area contributed by atoms with E-state index in [9.17, 15) is 18.0 Å². The number of ether oxygens (including phenoxy) is 1. The van der Waals surface area contributed by atoms with Gasteiger partial charge in [-0.1, -0.05) is 54.6 Å². The van der Waals surface area contributed by atoms with Gasteiger partial charge >= 0.3 is 6.03 Å². The number of benzene rings is 2. The molecular formula is C33H36N4O7S2. The molecule has 6 rings (SSSR count). The first kappa shape index (κ1) is 31.9. The molecule has 11 nitrogen and oxygen atoms in total. The van der Waals surface area contributed by atoms with Crippen LogP contribution < -0.4 is 10.8 Å². The summed E-state index contributed by atoms with van der Waals surface area (Å²) in [6.45, 7) is 1.03. The van der Waals surface area contributed by atoms with E-state index < -0.39 is 26.8 Å². The van der Waals surface area contributed by atoms with Crippen LogP contribution in [-0.4, -0.2) is 62.0 Å². The van der Waals surface area contributed by atoms with Gasteiger partial charge in [-0.05, 0) is 42.5 Å². The Kier molecular flexibility index (Phi) is 9.83. The highest BCUT2D eigenvalue weighted by molar-refractivity contribution is 7.92. The number of nitrogens with one attached hydrogen (secondary N) is 2. The van der Waals surface area contributed by atoms with Crippen LogP contribution in [-0.2, 0) is 35.5 Å². The Bertz CT molecular complexity index is 1720. The molecule has 0 aliphatic carbocycles. The second-order valence-corrected chi connectivity index (χ2v) is 14.9. The van der Waals surface area contributed by atoms with Gasteiger partial charge in [-0.2, -0.15) is 0 Å². The third-order valence-electron chi connectivity index (χ3n) is 8.41. The summed E-state index contributed by atoms with van der Waals surface area (Å²) in [4.78, 5) is 38.9. The highest BCUT2D eigenvalue weighted by Crippen LogP contribution is 2.45. The smallest absolute Gasteiger partial charge is 0.317 e. The van der Waals surface area contributed by atoms with Gasteiger partial charge < -0.3 is 19.4 Å². The molecule has 2 aliphatic rings. The van der Waals surface area contributed by atoms with Crippen molar-refractivity contribution >= 4 is 33.1 Å². The lowest BCUT2D eigenvalue weighted by atomic mass is 9.97. The monoisotopic (exact) mass is 664 g/mol. The molecule has 0 radical (unpaired) electrons. The lowest BCUT2D eigenvalue weighted by Gasteiger charge is -2.31. The predicted molar refractivity (Wildman–Crippen MR) is 173 cm³/mol. The van der Waals surface area contributed by atoms with Crippen LogP contribution in [0.5, 0.6) is 0 Å². The summed E-state index contributed by atoms with van der Waals surface area (Å²) in [5, 5.41) is 2.90. The number of amides is 3. The molecule has 0 bridgehead atoms. The van der Waals surface area contributed by atoms with Crippen molar-refractivity contribution in [3.63, 3.8) is 0 Å². The van der Waals surface area contributed by atoms with Gasteiger partial charge in [0.05, 0.1) is 18.4 Å². The molecule has 2 aromatic carbocycles. The Hall–Kier alpha value is -4.04. The van der Waals surface area contributed by atoms with Crippen LogP contribution in [0, 0.1) is 0 Å². The summed E-state index contributed by atoms with van der Waals surface area (Å²) < 4.78 is 37.8. The molecule has 2 fully saturated rings. The number of carbonyl (C=O) groups excluding carboxylic acids is 2. The first-order chi connectivity index (χ1) is 22.3. The summed E-state index contributed by atoms with van der Waals surface area (Å²) >= 11 is 1.33. The molecule has 3 amide bonds. The fourth-order valence-corrected chi connectivity index (χ4v) is 9.39. The Morgan fingerprint density at radius 3 is 2.57 bits per heavy atom. The minimum Gasteiger partial charge on any atom is -0.444 e. The number of nitrogens with zero attached hydrogens (tertiary/aromatic N) is 2. The quantitative estimate of drug-likeness (QED) is 0.231. The third kappa shape index (κ3) is 7.17. The van der Waals surface area contributed by atoms with Crippen molar-refractivity contribution in [2.75, 3.05) is 25.4 Å². The summed E-state index contributed by atoms with van der Waals surface area (Å²) in [7, 11) is -3.93. The van der Waals surface area contributed by atoms with Gasteiger partial charge in [0, 0.05) is 48.0 Å². The van der Waals surface area contributed by atoms with Crippen LogP contribution in [0.15, 0.2) is 83.7 Å². The fraction of sp³-hybridized carbons (Fsp3) is 0.364. The highest BCUT2D eigenvalue weighted by Gasteiger charge is 2.50. The van der Waals surface area contributed by atoms with E-state index in [1.807, 2.05) is 60.7 Å². The Labute approximate surface area is 271 Å². The van der Waals surface area contributed by atoms with E-state index in [0.29, 0.717) is 30.2 Å². The number of urea groups is 1. The van der Waals surface area contributed by atoms with Crippen LogP contribution >= 0.6 is 11.3 Å². The standard InChI is InChI=1S/C33H36N4O7S2/c38-30(36-44-31-8-4-5-18-42-31)20-33(29-14-13-28(45-29)26-11-9-25(10-12-26)27-22-34-23-43-27)15-16-37(17-19-46(33,40)41)32(39)35-21-24-6-2-1-3-7-24/h1-3,6-7,9-14,22-23,31H,4-5,8,15-21H2,(H,35,39)(H,36,38). The van der Waals surface area contributed by atoms with E-state index in [1.165, 1.54) is 22.6 Å². The fourth-order valence-electron chi connectivity index (χ4n) is 5.78. The van der Waals surface area contributed by atoms with E-state index >= 15 is 0 Å². The van der Waals surface area contributed by atoms with Crippen LogP contribution in [0.25, 0.3) is 21.8 Å². The predicted octanol–water partition coefficient (Wildman–Crippen LogP) is 5.26. The zero-order chi connectivity index (χ0) is 32.0. The van der Waals surface area contributed by atoms with Gasteiger partial charge in [0.15, 0.2) is 28.3 Å². The number of hydrogen-bond donors (Lipinski definition) is 2. The zero-order valence-corrected chi connectivity index (χ0v) is 26.9. The molecule has 242 valence electrons. The largest absolute Gasteiger partial charge is 0.444 e. The zero-order valence-electron chi connectivity index (χ0n) is 25.2. The normalized spacial score (nSPS) is 21.3. The Balaban J connectivity index is 1.25. The first-order valence-corrected chi connectivity index (χ1v) is 17.7. The van der Waals surface area contributed by atoms with Gasteiger partial charge in [0.2, 0.25) is 5.91 Å². The molecule has 2 N–H and O–H groups in total. The van der Waals surface area contributed by atoms with E-state index in [0.717, 1.165) is 34.4 Å². The second-order valence-electron chi connectivity index (χ2n) is 11.4. The number of hydrogen-bond acceptors (Lipinski definition) is 9. The molecule has 4 heterocycles. The molecular weight excluding hydrogens is 629 g/mol. The molecule has 2 aliphatic heterocycles. The number of thiophene rings is 1. The number of rotatable bonds is 9. The van der Waals surface area contributed by atoms with E-state index in [2.05, 4.69) is 15.8 Å². The van der Waals surface area contributed by atoms with Crippen molar-refractivity contribution in [1.29, 1.82) is 0 Å². The molecule has 0 spiro atoms. The molecule has 2 saturated heterocycles. The van der Waals surface area contributed by atoms with Crippen molar-refractivity contribution < 1.29 is 32.0 Å². The van der Waals surface area contributed by atoms with Crippen molar-refractivity contribution in [3.05, 3.63) is 89.8 Å². The maximum atomic E-state index is 14.2. The summed E-state index contributed by atoms with van der Waals surface area (Å²) in [6.07, 6.45) is 4.61. The second kappa shape index (κ2) is 14.2. The molecule has 2 unspecified atom stereocenters. The van der Waals surface area contributed by atoms with E-state index in [4.69, 9.17) is 14.0 Å². The molecule has 4 aromatic rings. The SMILES string of the molecule is O=C(CC1(c2ccc(-c3ccc(-c4cnco4)cc3)s2)CCN(C(=O)NCc2ccccc2)CCS1(=O)=O)NOC1CCCCO1. The first-order valence-electron chi connectivity index (χ1n) is 15.3. The van der Waals surface area contributed by atoms with Crippen LogP contribution in [0.1, 0.15) is 42.5 Å². The van der Waals surface area contributed by atoms with Crippen LogP contribution in [0.2, 0.25) is 0 Å². The third-order valence-corrected chi connectivity index (χ3v) is 12.4. The van der Waals surface area contributed by atoms with E-state index in [-0.39, 0.29) is 37.7 Å². The highest BCUT2D eigenvalue weighted by atomic mass is 32.2. The topological polar surface area (TPSA) is 140 Å². The number of hydroxylamine groups is 1. The summed E-state index contributed by atoms with van der Waals surface area (Å²) in [6, 6.07) is 20.5. The lowest BCUT2D eigenvalue weighted by molar-refractivity contribution is -0.200. The van der Waals surface area contributed by atoms with Gasteiger partial charge in [-0.3, -0.25) is 4.79 Å². The number of oxazole rings is 1. The summed E-state index contributed by atoms with van der Waals surface area (Å²) in [5.74, 6) is -0.206. The maximum absolute atomic E-state index is 14.2. The van der Waals surface area contributed by atoms with Gasteiger partial charge in [0.25, 0.3) is 0 Å². The average molecular weight is 665 g/mol. The summed E-state index contributed by atoms with van der Waals surface area (Å²) in [5.41, 5.74) is 5.15. The maximum Gasteiger partial charge on any atom is 0.317 e. The Morgan fingerprint density at radius 2 is 1.83 bits per heavy atom. The number of aromatic nitrogens is 1. The minimum absolute atomic E-state index is 0.0140. The number of sulfone groups is 1. The van der Waals surface area contributed by atoms with Gasteiger partial charge in [0.1, 0.15) is 4.75 Å². The molecule has 46 heavy (non-hydrogen) atoms. The van der Waals surface area contributed by atoms with Crippen molar-refractivity contribution in [3.8, 4) is 21.8 Å². The number of carbonyl (C=O) groups is 2. The van der Waals surface area contributed by atoms with E-state index in [1.54, 1.807) is 12.3 Å². The van der Waals surface area contributed by atoms with Gasteiger partial charge in [-0.15, -0.1) is 11.3 Å². The van der Waals surface area contributed by atoms with Crippen molar-refractivity contribution in [2.24, 2.45) is 0 Å². The molecule has 2 atom stereocenters. The van der Waals surface area contributed by atoms with Crippen LogP contribution in [0.4, 0.5) is 4.79 Å². The molecule has 2 aromatic heterocycles. The van der Waals surface area contributed by atoms with Gasteiger partial charge in [-0.25, -0.2) is 28.5 Å². The van der Waals surface area contributed by atoms with Crippen molar-refractivity contribution in [1.82, 2.24) is 20.7 Å². The lowest BCUT2D eigenvalue weighted by Crippen LogP contribution is -2.43. The van der Waals surface area contributed by atoms with Crippen molar-refractivity contribution in [2.45, 2.75) is 49.7 Å².